The Bertz CT molecular complexity index is 1960. The SMILES string of the molecule is Cc1c(OCCCN(C)CCCN(C)CCCOc2cccc(-c3cccc(OCCCN4CCC(O)C4)c3C)c2C)cccc1-c1cccc(OCCCN2CCCC2)c1C. The van der Waals surface area contributed by atoms with Gasteiger partial charge in [0.05, 0.1) is 32.5 Å². The zero-order valence-corrected chi connectivity index (χ0v) is 38.9. The lowest BCUT2D eigenvalue weighted by Gasteiger charge is -2.21. The normalized spacial score (nSPS) is 15.9. The zero-order valence-electron chi connectivity index (χ0n) is 38.9. The molecule has 0 spiro atoms. The molecule has 0 aliphatic carbocycles. The second kappa shape index (κ2) is 24.7. The van der Waals surface area contributed by atoms with Crippen molar-refractivity contribution in [2.24, 2.45) is 0 Å². The van der Waals surface area contributed by atoms with Crippen LogP contribution in [0.2, 0.25) is 0 Å². The number of ether oxygens (including phenoxy) is 4. The van der Waals surface area contributed by atoms with Gasteiger partial charge in [0.1, 0.15) is 23.0 Å². The molecule has 4 aromatic rings. The molecule has 2 fully saturated rings. The summed E-state index contributed by atoms with van der Waals surface area (Å²) in [6.07, 6.45) is 8.47. The first-order valence-electron chi connectivity index (χ1n) is 23.6. The average Bonchev–Trinajstić information content (AvgIpc) is 3.95. The van der Waals surface area contributed by atoms with Gasteiger partial charge in [0.25, 0.3) is 0 Å². The third-order valence-electron chi connectivity index (χ3n) is 12.9. The van der Waals surface area contributed by atoms with Crippen LogP contribution in [0.5, 0.6) is 23.0 Å². The number of nitrogens with zero attached hydrogens (tertiary/aromatic N) is 4. The highest BCUT2D eigenvalue weighted by atomic mass is 16.5. The summed E-state index contributed by atoms with van der Waals surface area (Å²) in [7, 11) is 4.43. The van der Waals surface area contributed by atoms with E-state index < -0.39 is 0 Å². The third-order valence-corrected chi connectivity index (χ3v) is 12.9. The van der Waals surface area contributed by atoms with Crippen LogP contribution in [-0.4, -0.2) is 137 Å². The molecule has 0 aromatic heterocycles. The van der Waals surface area contributed by atoms with Crippen LogP contribution >= 0.6 is 0 Å². The van der Waals surface area contributed by atoms with E-state index in [9.17, 15) is 5.11 Å². The lowest BCUT2D eigenvalue weighted by Crippen LogP contribution is -2.28. The van der Waals surface area contributed by atoms with Gasteiger partial charge < -0.3 is 43.7 Å². The number of hydrogen-bond donors (Lipinski definition) is 1. The van der Waals surface area contributed by atoms with Crippen LogP contribution in [0, 0.1) is 27.7 Å². The molecule has 1 atom stereocenters. The van der Waals surface area contributed by atoms with Crippen molar-refractivity contribution in [3.05, 3.63) is 95.1 Å². The first kappa shape index (κ1) is 47.4. The Labute approximate surface area is 373 Å². The molecule has 2 aliphatic heterocycles. The summed E-state index contributed by atoms with van der Waals surface area (Å²) in [5, 5.41) is 9.80. The van der Waals surface area contributed by atoms with Crippen molar-refractivity contribution in [2.45, 2.75) is 85.2 Å². The molecule has 2 aliphatic rings. The minimum absolute atomic E-state index is 0.174. The number of aliphatic hydroxyl groups is 1. The fourth-order valence-electron chi connectivity index (χ4n) is 9.08. The second-order valence-electron chi connectivity index (χ2n) is 17.8. The minimum Gasteiger partial charge on any atom is -0.493 e. The predicted molar refractivity (Wildman–Crippen MR) is 256 cm³/mol. The predicted octanol–water partition coefficient (Wildman–Crippen LogP) is 9.45. The Kier molecular flexibility index (Phi) is 18.8. The number of benzene rings is 4. The molecule has 9 nitrogen and oxygen atoms in total. The van der Waals surface area contributed by atoms with E-state index in [1.54, 1.807) is 0 Å². The smallest absolute Gasteiger partial charge is 0.122 e. The number of hydrogen-bond acceptors (Lipinski definition) is 9. The molecule has 9 heteroatoms. The van der Waals surface area contributed by atoms with Crippen LogP contribution in [0.1, 0.15) is 73.6 Å². The second-order valence-corrected chi connectivity index (χ2v) is 17.8. The van der Waals surface area contributed by atoms with Gasteiger partial charge in [-0.05, 0) is 188 Å². The van der Waals surface area contributed by atoms with E-state index in [0.29, 0.717) is 19.8 Å². The van der Waals surface area contributed by atoms with Gasteiger partial charge in [-0.1, -0.05) is 48.5 Å². The highest BCUT2D eigenvalue weighted by Gasteiger charge is 2.20. The standard InChI is InChI=1S/C53H76N4O5/c1-41-46(48-20-11-24-52(43(48)3)61-38-16-33-56-31-7-8-32-56)18-9-22-50(41)59-36-14-29-54(5)27-13-28-55(6)30-15-37-60-51-23-10-19-47(42(51)2)49-21-12-25-53(44(49)4)62-39-17-34-57-35-26-45(58)40-57/h9-12,18-25,45,58H,7-8,13-17,26-40H2,1-6H3. The summed E-state index contributed by atoms with van der Waals surface area (Å²) in [6.45, 7) is 21.9. The number of aliphatic hydroxyl groups excluding tert-OH is 1. The first-order chi connectivity index (χ1) is 30.2. The molecule has 6 rings (SSSR count). The quantitative estimate of drug-likeness (QED) is 0.0623. The largest absolute Gasteiger partial charge is 0.493 e. The van der Waals surface area contributed by atoms with E-state index in [2.05, 4.69) is 134 Å². The Balaban J connectivity index is 0.851. The van der Waals surface area contributed by atoms with Crippen molar-refractivity contribution in [1.29, 1.82) is 0 Å². The van der Waals surface area contributed by atoms with Gasteiger partial charge in [-0.25, -0.2) is 0 Å². The van der Waals surface area contributed by atoms with E-state index in [1.807, 2.05) is 0 Å². The van der Waals surface area contributed by atoms with E-state index in [4.69, 9.17) is 18.9 Å². The number of rotatable bonds is 26. The number of β-amino-alcohol motifs (C(OH)–C–C–N with tert-alkyl or cyclic N) is 1. The van der Waals surface area contributed by atoms with Crippen molar-refractivity contribution in [1.82, 2.24) is 19.6 Å². The third kappa shape index (κ3) is 13.9. The fourth-order valence-corrected chi connectivity index (χ4v) is 9.08. The molecule has 0 saturated carbocycles. The molecule has 62 heavy (non-hydrogen) atoms. The average molecular weight is 849 g/mol. The number of likely N-dealkylation sites (tertiary alicyclic amines) is 2. The zero-order chi connectivity index (χ0) is 43.7. The molecule has 338 valence electrons. The summed E-state index contributed by atoms with van der Waals surface area (Å²) in [4.78, 5) is 9.71. The van der Waals surface area contributed by atoms with E-state index in [1.165, 1.54) is 59.3 Å². The van der Waals surface area contributed by atoms with E-state index in [-0.39, 0.29) is 6.10 Å². The highest BCUT2D eigenvalue weighted by molar-refractivity contribution is 5.75. The summed E-state index contributed by atoms with van der Waals surface area (Å²) >= 11 is 0. The Hall–Kier alpha value is -4.12. The van der Waals surface area contributed by atoms with Gasteiger partial charge in [-0.15, -0.1) is 0 Å². The summed E-state index contributed by atoms with van der Waals surface area (Å²) in [5.74, 6) is 3.82. The van der Waals surface area contributed by atoms with Gasteiger partial charge in [0.2, 0.25) is 0 Å². The van der Waals surface area contributed by atoms with Gasteiger partial charge in [-0.3, -0.25) is 0 Å². The molecular weight excluding hydrogens is 773 g/mol. The van der Waals surface area contributed by atoms with Crippen molar-refractivity contribution in [2.75, 3.05) is 106 Å². The molecule has 0 radical (unpaired) electrons. The molecule has 1 N–H and O–H groups in total. The van der Waals surface area contributed by atoms with Crippen molar-refractivity contribution in [3.63, 3.8) is 0 Å². The van der Waals surface area contributed by atoms with Crippen LogP contribution in [0.15, 0.2) is 72.8 Å². The lowest BCUT2D eigenvalue weighted by molar-refractivity contribution is 0.173. The summed E-state index contributed by atoms with van der Waals surface area (Å²) in [6, 6.07) is 25.5. The first-order valence-corrected chi connectivity index (χ1v) is 23.6. The van der Waals surface area contributed by atoms with E-state index in [0.717, 1.165) is 132 Å². The Morgan fingerprint density at radius 3 is 1.21 bits per heavy atom. The topological polar surface area (TPSA) is 70.1 Å². The van der Waals surface area contributed by atoms with Gasteiger partial charge in [-0.2, -0.15) is 0 Å². The Morgan fingerprint density at radius 2 is 0.839 bits per heavy atom. The monoisotopic (exact) mass is 849 g/mol. The van der Waals surface area contributed by atoms with Crippen LogP contribution < -0.4 is 18.9 Å². The van der Waals surface area contributed by atoms with Crippen molar-refractivity contribution >= 4 is 0 Å². The molecule has 2 saturated heterocycles. The maximum atomic E-state index is 9.80. The van der Waals surface area contributed by atoms with Crippen LogP contribution in [0.3, 0.4) is 0 Å². The molecule has 0 amide bonds. The van der Waals surface area contributed by atoms with Gasteiger partial charge in [0.15, 0.2) is 0 Å². The molecular formula is C53H76N4O5. The minimum atomic E-state index is -0.174. The van der Waals surface area contributed by atoms with Gasteiger partial charge >= 0.3 is 0 Å². The Morgan fingerprint density at radius 1 is 0.484 bits per heavy atom. The maximum Gasteiger partial charge on any atom is 0.122 e. The molecule has 0 bridgehead atoms. The summed E-state index contributed by atoms with van der Waals surface area (Å²) in [5.41, 5.74) is 9.47. The molecule has 4 aromatic carbocycles. The van der Waals surface area contributed by atoms with Crippen LogP contribution in [-0.2, 0) is 0 Å². The van der Waals surface area contributed by atoms with Crippen LogP contribution in [0.4, 0.5) is 0 Å². The van der Waals surface area contributed by atoms with Crippen molar-refractivity contribution in [3.8, 4) is 45.3 Å². The maximum absolute atomic E-state index is 9.80. The molecule has 1 unspecified atom stereocenters. The van der Waals surface area contributed by atoms with Gasteiger partial charge in [0, 0.05) is 39.3 Å². The van der Waals surface area contributed by atoms with Crippen molar-refractivity contribution < 1.29 is 24.1 Å². The summed E-state index contributed by atoms with van der Waals surface area (Å²) < 4.78 is 25.2. The van der Waals surface area contributed by atoms with Crippen LogP contribution in [0.25, 0.3) is 22.3 Å². The lowest BCUT2D eigenvalue weighted by atomic mass is 9.95. The fraction of sp³-hybridized carbons (Fsp3) is 0.547. The molecule has 2 heterocycles. The highest BCUT2D eigenvalue weighted by Crippen LogP contribution is 2.37. The van der Waals surface area contributed by atoms with E-state index >= 15 is 0 Å².